The summed E-state index contributed by atoms with van der Waals surface area (Å²) in [6.45, 7) is 3.88. The highest BCUT2D eigenvalue weighted by Gasteiger charge is 2.26. The quantitative estimate of drug-likeness (QED) is 0.849. The number of urea groups is 1. The Kier molecular flexibility index (Phi) is 5.37. The zero-order valence-corrected chi connectivity index (χ0v) is 15.9. The Bertz CT molecular complexity index is 849. The first-order valence-corrected chi connectivity index (χ1v) is 9.93. The molecule has 2 aliphatic heterocycles. The second-order valence-electron chi connectivity index (χ2n) is 7.70. The number of nitrogens with zero attached hydrogens (tertiary/aromatic N) is 2. The van der Waals surface area contributed by atoms with E-state index in [0.717, 1.165) is 45.4 Å². The lowest BCUT2D eigenvalue weighted by Crippen LogP contribution is -2.45. The number of carbonyl (C=O) groups excluding carboxylic acids is 1. The molecule has 6 heteroatoms. The van der Waals surface area contributed by atoms with Crippen LogP contribution in [0, 0.1) is 11.7 Å². The summed E-state index contributed by atoms with van der Waals surface area (Å²) >= 11 is 0. The molecule has 0 aromatic heterocycles. The summed E-state index contributed by atoms with van der Waals surface area (Å²) in [6, 6.07) is 12.7. The van der Waals surface area contributed by atoms with Crippen LogP contribution in [0.1, 0.15) is 24.0 Å². The van der Waals surface area contributed by atoms with Crippen LogP contribution < -0.4 is 10.2 Å². The van der Waals surface area contributed by atoms with Crippen LogP contribution in [0.5, 0.6) is 5.75 Å². The monoisotopic (exact) mass is 383 g/mol. The fourth-order valence-corrected chi connectivity index (χ4v) is 4.18. The molecule has 0 unspecified atom stereocenters. The Labute approximate surface area is 164 Å². The fraction of sp³-hybridized carbons (Fsp3) is 0.409. The molecule has 0 atom stereocenters. The van der Waals surface area contributed by atoms with E-state index in [9.17, 15) is 14.3 Å². The summed E-state index contributed by atoms with van der Waals surface area (Å²) in [6.07, 6.45) is 3.12. The van der Waals surface area contributed by atoms with E-state index in [0.29, 0.717) is 11.5 Å². The van der Waals surface area contributed by atoms with Crippen LogP contribution in [0.4, 0.5) is 14.9 Å². The lowest BCUT2D eigenvalue weighted by atomic mass is 9.96. The number of anilines is 1. The van der Waals surface area contributed by atoms with E-state index in [1.54, 1.807) is 6.07 Å². The number of rotatable bonds is 4. The van der Waals surface area contributed by atoms with Crippen LogP contribution in [-0.2, 0) is 13.0 Å². The first-order valence-electron chi connectivity index (χ1n) is 9.93. The van der Waals surface area contributed by atoms with E-state index in [-0.39, 0.29) is 18.3 Å². The van der Waals surface area contributed by atoms with Crippen molar-refractivity contribution >= 4 is 11.7 Å². The van der Waals surface area contributed by atoms with Crippen LogP contribution in [0.15, 0.2) is 42.5 Å². The second-order valence-corrected chi connectivity index (χ2v) is 7.70. The van der Waals surface area contributed by atoms with E-state index in [2.05, 4.69) is 34.5 Å². The van der Waals surface area contributed by atoms with Crippen molar-refractivity contribution in [3.05, 3.63) is 59.4 Å². The number of phenolic OH excluding ortho intramolecular Hbond substituents is 1. The van der Waals surface area contributed by atoms with E-state index >= 15 is 0 Å². The molecule has 1 fully saturated rings. The molecule has 2 amide bonds. The maximum Gasteiger partial charge on any atom is 0.317 e. The molecule has 0 aliphatic carbocycles. The molecule has 28 heavy (non-hydrogen) atoms. The Hall–Kier alpha value is -2.76. The molecule has 0 radical (unpaired) electrons. The highest BCUT2D eigenvalue weighted by Crippen LogP contribution is 2.30. The standard InChI is InChI=1S/C22H26FN3O2/c23-19-13-17(5-6-21(19)27)14-24-22(28)25-10-7-16(8-11-25)15-26-12-9-18-3-1-2-4-20(18)26/h1-6,13,16,27H,7-12,14-15H2,(H,24,28). The fourth-order valence-electron chi connectivity index (χ4n) is 4.18. The van der Waals surface area contributed by atoms with Gasteiger partial charge in [-0.25, -0.2) is 9.18 Å². The number of nitrogens with one attached hydrogen (secondary N) is 1. The van der Waals surface area contributed by atoms with Crippen molar-refractivity contribution in [2.24, 2.45) is 5.92 Å². The molecule has 1 saturated heterocycles. The van der Waals surface area contributed by atoms with E-state index in [1.165, 1.54) is 23.4 Å². The van der Waals surface area contributed by atoms with Crippen molar-refractivity contribution < 1.29 is 14.3 Å². The molecule has 2 heterocycles. The molecule has 5 nitrogen and oxygen atoms in total. The minimum Gasteiger partial charge on any atom is -0.505 e. The molecule has 2 N–H and O–H groups in total. The average Bonchev–Trinajstić information content (AvgIpc) is 3.12. The average molecular weight is 383 g/mol. The van der Waals surface area contributed by atoms with Crippen molar-refractivity contribution in [2.45, 2.75) is 25.8 Å². The smallest absolute Gasteiger partial charge is 0.317 e. The van der Waals surface area contributed by atoms with Crippen LogP contribution in [0.25, 0.3) is 0 Å². The summed E-state index contributed by atoms with van der Waals surface area (Å²) in [5.74, 6) is -0.449. The molecule has 4 rings (SSSR count). The number of hydrogen-bond donors (Lipinski definition) is 2. The predicted molar refractivity (Wildman–Crippen MR) is 107 cm³/mol. The van der Waals surface area contributed by atoms with Gasteiger partial charge in [0.25, 0.3) is 0 Å². The maximum atomic E-state index is 13.4. The largest absolute Gasteiger partial charge is 0.505 e. The zero-order valence-electron chi connectivity index (χ0n) is 15.9. The molecule has 0 spiro atoms. The molecule has 2 aromatic carbocycles. The number of piperidine rings is 1. The number of carbonyl (C=O) groups is 1. The number of amides is 2. The number of phenols is 1. The van der Waals surface area contributed by atoms with Gasteiger partial charge in [-0.2, -0.15) is 0 Å². The van der Waals surface area contributed by atoms with Crippen LogP contribution >= 0.6 is 0 Å². The van der Waals surface area contributed by atoms with Crippen molar-refractivity contribution in [3.8, 4) is 5.75 Å². The van der Waals surface area contributed by atoms with Crippen molar-refractivity contribution in [1.29, 1.82) is 0 Å². The van der Waals surface area contributed by atoms with Gasteiger partial charge in [0.05, 0.1) is 0 Å². The van der Waals surface area contributed by atoms with Gasteiger partial charge in [-0.1, -0.05) is 24.3 Å². The van der Waals surface area contributed by atoms with Crippen molar-refractivity contribution in [3.63, 3.8) is 0 Å². The SMILES string of the molecule is O=C(NCc1ccc(O)c(F)c1)N1CCC(CN2CCc3ccccc32)CC1. The highest BCUT2D eigenvalue weighted by atomic mass is 19.1. The molecule has 2 aliphatic rings. The number of aromatic hydroxyl groups is 1. The van der Waals surface area contributed by atoms with Crippen molar-refractivity contribution in [1.82, 2.24) is 10.2 Å². The number of hydrogen-bond acceptors (Lipinski definition) is 3. The van der Waals surface area contributed by atoms with Gasteiger partial charge in [0.1, 0.15) is 0 Å². The zero-order chi connectivity index (χ0) is 19.5. The van der Waals surface area contributed by atoms with Gasteiger partial charge in [-0.15, -0.1) is 0 Å². The van der Waals surface area contributed by atoms with Crippen LogP contribution in [0.2, 0.25) is 0 Å². The lowest BCUT2D eigenvalue weighted by molar-refractivity contribution is 0.171. The Balaban J connectivity index is 1.24. The third kappa shape index (κ3) is 4.06. The first kappa shape index (κ1) is 18.6. The topological polar surface area (TPSA) is 55.8 Å². The number of para-hydroxylation sites is 1. The molecule has 2 aromatic rings. The van der Waals surface area contributed by atoms with Gasteiger partial charge in [0.15, 0.2) is 11.6 Å². The van der Waals surface area contributed by atoms with Gasteiger partial charge in [-0.05, 0) is 54.5 Å². The number of halogens is 1. The highest BCUT2D eigenvalue weighted by molar-refractivity contribution is 5.74. The van der Waals surface area contributed by atoms with Gasteiger partial charge in [0.2, 0.25) is 0 Å². The normalized spacial score (nSPS) is 16.9. The van der Waals surface area contributed by atoms with Gasteiger partial charge >= 0.3 is 6.03 Å². The van der Waals surface area contributed by atoms with Gasteiger partial charge in [0, 0.05) is 38.4 Å². The first-order chi connectivity index (χ1) is 13.6. The Morgan fingerprint density at radius 2 is 1.93 bits per heavy atom. The third-order valence-electron chi connectivity index (χ3n) is 5.82. The summed E-state index contributed by atoms with van der Waals surface area (Å²) < 4.78 is 13.4. The second kappa shape index (κ2) is 8.09. The summed E-state index contributed by atoms with van der Waals surface area (Å²) in [5.41, 5.74) is 3.43. The summed E-state index contributed by atoms with van der Waals surface area (Å²) in [7, 11) is 0. The number of benzene rings is 2. The number of likely N-dealkylation sites (tertiary alicyclic amines) is 1. The van der Waals surface area contributed by atoms with E-state index in [1.807, 2.05) is 4.90 Å². The molecular weight excluding hydrogens is 357 g/mol. The van der Waals surface area contributed by atoms with Gasteiger partial charge < -0.3 is 20.2 Å². The summed E-state index contributed by atoms with van der Waals surface area (Å²) in [4.78, 5) is 16.7. The van der Waals surface area contributed by atoms with Crippen LogP contribution in [-0.4, -0.2) is 42.2 Å². The van der Waals surface area contributed by atoms with E-state index in [4.69, 9.17) is 0 Å². The molecule has 148 valence electrons. The summed E-state index contributed by atoms with van der Waals surface area (Å²) in [5, 5.41) is 12.1. The maximum absolute atomic E-state index is 13.4. The van der Waals surface area contributed by atoms with Gasteiger partial charge in [-0.3, -0.25) is 0 Å². The Morgan fingerprint density at radius 3 is 2.71 bits per heavy atom. The lowest BCUT2D eigenvalue weighted by Gasteiger charge is -2.34. The minimum absolute atomic E-state index is 0.113. The Morgan fingerprint density at radius 1 is 1.14 bits per heavy atom. The third-order valence-corrected chi connectivity index (χ3v) is 5.82. The number of fused-ring (bicyclic) bond motifs is 1. The van der Waals surface area contributed by atoms with Crippen LogP contribution in [0.3, 0.4) is 0 Å². The predicted octanol–water partition coefficient (Wildman–Crippen LogP) is 3.52. The molecule has 0 saturated carbocycles. The van der Waals surface area contributed by atoms with E-state index < -0.39 is 5.82 Å². The minimum atomic E-state index is -0.670. The molecule has 0 bridgehead atoms. The van der Waals surface area contributed by atoms with Crippen molar-refractivity contribution in [2.75, 3.05) is 31.1 Å². The molecular formula is C22H26FN3O2.